The molecule has 4 amide bonds. The number of rotatable bonds is 10. The molecule has 2 aliphatic rings. The summed E-state index contributed by atoms with van der Waals surface area (Å²) in [5.41, 5.74) is -0.358. The Labute approximate surface area is 227 Å². The molecule has 4 rings (SSSR count). The van der Waals surface area contributed by atoms with E-state index in [2.05, 4.69) is 21.0 Å². The van der Waals surface area contributed by atoms with Gasteiger partial charge in [-0.25, -0.2) is 9.59 Å². The maximum Gasteiger partial charge on any atom is 0.352 e. The van der Waals surface area contributed by atoms with Crippen LogP contribution in [-0.4, -0.2) is 75.7 Å². The summed E-state index contributed by atoms with van der Waals surface area (Å²) in [6, 6.07) is 3.16. The molecule has 0 bridgehead atoms. The van der Waals surface area contributed by atoms with Gasteiger partial charge in [0.05, 0.1) is 0 Å². The lowest BCUT2D eigenvalue weighted by Gasteiger charge is -2.49. The molecule has 2 aromatic rings. The Balaban J connectivity index is 1.46. The molecule has 3 atom stereocenters. The van der Waals surface area contributed by atoms with Crippen LogP contribution >= 0.6 is 34.9 Å². The Morgan fingerprint density at radius 2 is 2.13 bits per heavy atom. The van der Waals surface area contributed by atoms with Gasteiger partial charge in [0.15, 0.2) is 0 Å². The number of nitrogens with zero attached hydrogens (tertiary/aromatic N) is 2. The van der Waals surface area contributed by atoms with E-state index in [1.54, 1.807) is 17.5 Å². The lowest BCUT2D eigenvalue weighted by atomic mass is 10.0. The van der Waals surface area contributed by atoms with Crippen LogP contribution in [0, 0.1) is 5.21 Å². The molecule has 202 valence electrons. The van der Waals surface area contributed by atoms with E-state index >= 15 is 0 Å². The van der Waals surface area contributed by atoms with Crippen molar-refractivity contribution in [1.82, 2.24) is 25.9 Å². The van der Waals surface area contributed by atoms with Gasteiger partial charge >= 0.3 is 12.0 Å². The number of thiophene rings is 1. The fraction of sp³-hybridized carbons (Fsp3) is 0.333. The molecule has 2 aliphatic heterocycles. The lowest BCUT2D eigenvalue weighted by molar-refractivity contribution is -0.707. The highest BCUT2D eigenvalue weighted by Gasteiger charge is 2.54. The molecule has 5 N–H and O–H groups in total. The fourth-order valence-corrected chi connectivity index (χ4v) is 6.88. The molecule has 38 heavy (non-hydrogen) atoms. The van der Waals surface area contributed by atoms with Gasteiger partial charge in [-0.2, -0.15) is 0 Å². The van der Waals surface area contributed by atoms with Gasteiger partial charge in [0.2, 0.25) is 5.91 Å². The number of urea groups is 1. The van der Waals surface area contributed by atoms with E-state index in [9.17, 15) is 34.3 Å². The normalized spacial score (nSPS) is 19.3. The number of nitrogens with one attached hydrogen (secondary N) is 4. The third-order valence-electron chi connectivity index (χ3n) is 5.47. The molecule has 0 aliphatic carbocycles. The molecular formula is C21H22N6O8S3. The van der Waals surface area contributed by atoms with E-state index in [0.29, 0.717) is 15.3 Å². The van der Waals surface area contributed by atoms with Gasteiger partial charge in [0.1, 0.15) is 29.9 Å². The largest absolute Gasteiger partial charge is 0.595 e. The number of hydrogen-bond donors (Lipinski definition) is 5. The van der Waals surface area contributed by atoms with E-state index in [4.69, 9.17) is 4.74 Å². The maximum atomic E-state index is 13.1. The Morgan fingerprint density at radius 1 is 1.34 bits per heavy atom. The summed E-state index contributed by atoms with van der Waals surface area (Å²) in [5.74, 6) is -2.21. The van der Waals surface area contributed by atoms with Gasteiger partial charge in [-0.3, -0.25) is 19.3 Å². The summed E-state index contributed by atoms with van der Waals surface area (Å²) in [6.45, 7) is -0.0681. The second-order valence-corrected chi connectivity index (χ2v) is 11.0. The van der Waals surface area contributed by atoms with Crippen LogP contribution in [0.3, 0.4) is 0 Å². The van der Waals surface area contributed by atoms with Crippen molar-refractivity contribution in [3.63, 3.8) is 0 Å². The van der Waals surface area contributed by atoms with Crippen LogP contribution in [0.5, 0.6) is 0 Å². The van der Waals surface area contributed by atoms with E-state index in [1.807, 2.05) is 0 Å². The van der Waals surface area contributed by atoms with Crippen LogP contribution in [0.1, 0.15) is 10.9 Å². The number of carboxylic acid groups (broad SMARTS) is 1. The van der Waals surface area contributed by atoms with Crippen molar-refractivity contribution in [1.29, 1.82) is 0 Å². The Bertz CT molecular complexity index is 1330. The highest BCUT2D eigenvalue weighted by atomic mass is 32.2. The van der Waals surface area contributed by atoms with Crippen molar-refractivity contribution in [3.05, 3.63) is 61.4 Å². The Hall–Kier alpha value is -3.54. The molecule has 0 aromatic carbocycles. The molecule has 1 fully saturated rings. The molecule has 14 nitrogen and oxygen atoms in total. The summed E-state index contributed by atoms with van der Waals surface area (Å²) in [4.78, 5) is 63.6. The summed E-state index contributed by atoms with van der Waals surface area (Å²) < 4.78 is 4.79. The van der Waals surface area contributed by atoms with Gasteiger partial charge in [-0.05, 0) is 28.8 Å². The van der Waals surface area contributed by atoms with E-state index < -0.39 is 46.8 Å². The monoisotopic (exact) mass is 582 g/mol. The number of fused-ring (bicyclic) bond motifs is 1. The fourth-order valence-electron chi connectivity index (χ4n) is 3.75. The number of ether oxygens (including phenoxy) is 1. The summed E-state index contributed by atoms with van der Waals surface area (Å²) in [6.07, 6.45) is 0. The number of aliphatic carboxylic acids is 1. The first-order valence-corrected chi connectivity index (χ1v) is 13.9. The number of amides is 4. The van der Waals surface area contributed by atoms with Gasteiger partial charge in [-0.1, -0.05) is 10.9 Å². The minimum Gasteiger partial charge on any atom is -0.595 e. The number of thioether (sulfide) groups is 2. The topological polar surface area (TPSA) is 197 Å². The molecule has 17 heteroatoms. The van der Waals surface area contributed by atoms with Crippen LogP contribution in [0.25, 0.3) is 0 Å². The Kier molecular flexibility index (Phi) is 8.60. The third-order valence-corrected chi connectivity index (χ3v) is 8.84. The van der Waals surface area contributed by atoms with Gasteiger partial charge in [0.25, 0.3) is 16.5 Å². The molecular weight excluding hydrogens is 560 g/mol. The number of carbonyl (C=O) groups is 4. The average Bonchev–Trinajstić information content (AvgIpc) is 3.42. The van der Waals surface area contributed by atoms with Crippen molar-refractivity contribution in [2.45, 2.75) is 22.5 Å². The number of methoxy groups -OCH3 is 1. The van der Waals surface area contributed by atoms with Crippen molar-refractivity contribution in [2.24, 2.45) is 0 Å². The number of aromatic nitrogens is 2. The predicted molar refractivity (Wildman–Crippen MR) is 137 cm³/mol. The number of β-lactam (4-membered cyclic amide) rings is 1. The molecule has 4 heterocycles. The predicted octanol–water partition coefficient (Wildman–Crippen LogP) is -0.455. The first-order chi connectivity index (χ1) is 18.2. The summed E-state index contributed by atoms with van der Waals surface area (Å²) in [5, 5.41) is 32.7. The van der Waals surface area contributed by atoms with Crippen LogP contribution < -0.4 is 26.4 Å². The molecule has 0 spiro atoms. The van der Waals surface area contributed by atoms with Crippen molar-refractivity contribution in [2.75, 3.05) is 25.3 Å². The van der Waals surface area contributed by atoms with Crippen LogP contribution in [0.15, 0.2) is 50.7 Å². The van der Waals surface area contributed by atoms with Crippen molar-refractivity contribution in [3.8, 4) is 0 Å². The number of H-pyrrole nitrogens is 1. The smallest absolute Gasteiger partial charge is 0.352 e. The summed E-state index contributed by atoms with van der Waals surface area (Å²) in [7, 11) is 1.40. The first kappa shape index (κ1) is 27.5. The van der Waals surface area contributed by atoms with Gasteiger partial charge in [-0.15, -0.1) is 28.2 Å². The molecule has 0 saturated carbocycles. The zero-order valence-corrected chi connectivity index (χ0v) is 22.1. The summed E-state index contributed by atoms with van der Waals surface area (Å²) >= 11 is 3.54. The van der Waals surface area contributed by atoms with Crippen molar-refractivity contribution >= 4 is 58.7 Å². The van der Waals surface area contributed by atoms with E-state index in [1.165, 1.54) is 42.3 Å². The molecule has 0 radical (unpaired) electrons. The van der Waals surface area contributed by atoms with E-state index in [-0.39, 0.29) is 29.0 Å². The minimum atomic E-state index is -1.31. The van der Waals surface area contributed by atoms with E-state index in [0.717, 1.165) is 16.7 Å². The molecule has 1 saturated heterocycles. The van der Waals surface area contributed by atoms with Crippen LogP contribution in [-0.2, 0) is 19.1 Å². The highest BCUT2D eigenvalue weighted by Crippen LogP contribution is 2.41. The number of carbonyl (C=O) groups excluding carboxylic acids is 3. The molecule has 2 aromatic heterocycles. The first-order valence-electron chi connectivity index (χ1n) is 10.9. The third kappa shape index (κ3) is 5.79. The van der Waals surface area contributed by atoms with Crippen LogP contribution in [0.4, 0.5) is 4.79 Å². The zero-order chi connectivity index (χ0) is 27.4. The van der Waals surface area contributed by atoms with Gasteiger partial charge < -0.3 is 31.0 Å². The maximum absolute atomic E-state index is 13.1. The number of aromatic amines is 1. The SMILES string of the molecule is COCNC(=O)NC(C(=O)N[C@@H]1C(=O)N2C(C(=O)O)=C(CSc3ccc(=O)[nH][n+]3[O-])CSC12)c1cccs1. The number of carboxylic acids is 1. The Morgan fingerprint density at radius 3 is 2.79 bits per heavy atom. The van der Waals surface area contributed by atoms with Gasteiger partial charge in [0, 0.05) is 35.6 Å². The van der Waals surface area contributed by atoms with Crippen LogP contribution in [0.2, 0.25) is 0 Å². The number of hydrogen-bond acceptors (Lipinski definition) is 10. The second kappa shape index (κ2) is 11.9. The second-order valence-electron chi connectivity index (χ2n) is 7.92. The molecule has 2 unspecified atom stereocenters. The highest BCUT2D eigenvalue weighted by molar-refractivity contribution is 8.01. The van der Waals surface area contributed by atoms with Crippen molar-refractivity contribution < 1.29 is 33.9 Å². The lowest BCUT2D eigenvalue weighted by Crippen LogP contribution is -2.71. The standard InChI is InChI=1S/C21H22N6O8S3/c1-35-9-22-21(33)24-14(11-3-2-6-36-11)17(29)23-15-18(30)26-16(20(31)32)10(8-38-19(15)26)7-37-13-5-4-12(28)25-27(13)34/h2-6,14-15,19H,7-9H2,1H3,(H,23,29)(H,25,28)(H,31,32)(H2,22,24,33)/t14?,15-,19?/m1/s1. The zero-order valence-electron chi connectivity index (χ0n) is 19.7. The minimum absolute atomic E-state index is 0.0681. The average molecular weight is 583 g/mol. The quantitative estimate of drug-likeness (QED) is 0.0804.